The molecule has 1 amide bonds. The Bertz CT molecular complexity index is 636. The van der Waals surface area contributed by atoms with Crippen molar-refractivity contribution in [3.8, 4) is 0 Å². The molecule has 0 radical (unpaired) electrons. The summed E-state index contributed by atoms with van der Waals surface area (Å²) in [6, 6.07) is 5.79. The highest BCUT2D eigenvalue weighted by atomic mass is 32.2. The molecular weight excluding hydrogens is 355 g/mol. The Morgan fingerprint density at radius 2 is 1.80 bits per heavy atom. The Balaban J connectivity index is 1.87. The Labute approximate surface area is 148 Å². The molecule has 1 aliphatic heterocycles. The van der Waals surface area contributed by atoms with E-state index in [0.717, 1.165) is 0 Å². The van der Waals surface area contributed by atoms with Gasteiger partial charge in [0.15, 0.2) is 0 Å². The number of carbonyl (C=O) groups is 2. The minimum Gasteiger partial charge on any atom is -0.469 e. The first-order valence-corrected chi connectivity index (χ1v) is 8.51. The van der Waals surface area contributed by atoms with Crippen LogP contribution in [0.3, 0.4) is 0 Å². The lowest BCUT2D eigenvalue weighted by atomic mass is 9.97. The highest BCUT2D eigenvalue weighted by molar-refractivity contribution is 8.00. The number of methoxy groups -OCH3 is 1. The first-order chi connectivity index (χ1) is 11.8. The molecule has 8 heteroatoms. The van der Waals surface area contributed by atoms with Gasteiger partial charge in [-0.15, -0.1) is 0 Å². The van der Waals surface area contributed by atoms with Gasteiger partial charge in [0.25, 0.3) is 0 Å². The van der Waals surface area contributed by atoms with Crippen molar-refractivity contribution in [3.05, 3.63) is 35.9 Å². The van der Waals surface area contributed by atoms with Gasteiger partial charge in [0.05, 0.1) is 13.0 Å². The van der Waals surface area contributed by atoms with Gasteiger partial charge in [-0.3, -0.25) is 9.59 Å². The molecule has 25 heavy (non-hydrogen) atoms. The predicted molar refractivity (Wildman–Crippen MR) is 88.7 cm³/mol. The van der Waals surface area contributed by atoms with E-state index in [0.29, 0.717) is 31.5 Å². The molecule has 0 saturated carbocycles. The van der Waals surface area contributed by atoms with Crippen molar-refractivity contribution in [1.82, 2.24) is 4.90 Å². The fraction of sp³-hybridized carbons (Fsp3) is 0.412. The summed E-state index contributed by atoms with van der Waals surface area (Å²) in [4.78, 5) is 25.3. The second-order valence-corrected chi connectivity index (χ2v) is 6.71. The molecule has 2 rings (SSSR count). The lowest BCUT2D eigenvalue weighted by molar-refractivity contribution is -0.148. The number of thioether (sulfide) groups is 1. The average molecular weight is 373 g/mol. The van der Waals surface area contributed by atoms with Gasteiger partial charge in [-0.2, -0.15) is 13.2 Å². The lowest BCUT2D eigenvalue weighted by Crippen LogP contribution is -2.39. The van der Waals surface area contributed by atoms with E-state index in [-0.39, 0.29) is 34.5 Å². The number of likely N-dealkylation sites (tertiary alicyclic amines) is 1. The molecule has 4 nitrogen and oxygen atoms in total. The summed E-state index contributed by atoms with van der Waals surface area (Å²) in [7, 11) is 1.35. The minimum absolute atomic E-state index is 0.0980. The number of ether oxygens (including phenoxy) is 1. The minimum atomic E-state index is -4.32. The monoisotopic (exact) mass is 373 g/mol. The quantitative estimate of drug-likeness (QED) is 0.458. The standard InChI is InChI=1S/C17H18F3NO3S/c1-24-16(23)13-8-10-21(11-9-13)15(22)7-4-12-2-5-14(6-3-12)25-17(18,19)20/h2-7,13H,8-11H2,1H3/b7-4+. The van der Waals surface area contributed by atoms with Crippen LogP contribution in [-0.4, -0.2) is 42.5 Å². The number of nitrogens with zero attached hydrogens (tertiary/aromatic N) is 1. The number of piperidine rings is 1. The van der Waals surface area contributed by atoms with Crippen molar-refractivity contribution in [2.45, 2.75) is 23.2 Å². The predicted octanol–water partition coefficient (Wildman–Crippen LogP) is 3.72. The van der Waals surface area contributed by atoms with Gasteiger partial charge >= 0.3 is 11.5 Å². The van der Waals surface area contributed by atoms with Gasteiger partial charge in [-0.05, 0) is 48.4 Å². The fourth-order valence-electron chi connectivity index (χ4n) is 2.56. The number of amides is 1. The smallest absolute Gasteiger partial charge is 0.446 e. The SMILES string of the molecule is COC(=O)C1CCN(C(=O)/C=C/c2ccc(SC(F)(F)F)cc2)CC1. The van der Waals surface area contributed by atoms with Crippen LogP contribution in [0.5, 0.6) is 0 Å². The maximum Gasteiger partial charge on any atom is 0.446 e. The van der Waals surface area contributed by atoms with Crippen molar-refractivity contribution in [1.29, 1.82) is 0 Å². The molecule has 1 aromatic carbocycles. The number of benzene rings is 1. The third-order valence-corrected chi connectivity index (χ3v) is 4.61. The number of hydrogen-bond donors (Lipinski definition) is 0. The molecule has 0 bridgehead atoms. The molecular formula is C17H18F3NO3S. The molecule has 0 aliphatic carbocycles. The van der Waals surface area contributed by atoms with Crippen LogP contribution in [0.1, 0.15) is 18.4 Å². The van der Waals surface area contributed by atoms with E-state index in [1.54, 1.807) is 11.0 Å². The van der Waals surface area contributed by atoms with E-state index < -0.39 is 5.51 Å². The summed E-state index contributed by atoms with van der Waals surface area (Å²) in [6.45, 7) is 0.953. The fourth-order valence-corrected chi connectivity index (χ4v) is 3.10. The number of esters is 1. The zero-order chi connectivity index (χ0) is 18.4. The number of rotatable bonds is 4. The molecule has 0 aromatic heterocycles. The van der Waals surface area contributed by atoms with Gasteiger partial charge in [0.2, 0.25) is 5.91 Å². The summed E-state index contributed by atoms with van der Waals surface area (Å²) < 4.78 is 41.5. The zero-order valence-corrected chi connectivity index (χ0v) is 14.4. The zero-order valence-electron chi connectivity index (χ0n) is 13.6. The van der Waals surface area contributed by atoms with Crippen LogP contribution >= 0.6 is 11.8 Å². The summed E-state index contributed by atoms with van der Waals surface area (Å²) in [6.07, 6.45) is 4.09. The van der Waals surface area contributed by atoms with Crippen molar-refractivity contribution < 1.29 is 27.5 Å². The van der Waals surface area contributed by atoms with Crippen LogP contribution in [0, 0.1) is 5.92 Å². The third kappa shape index (κ3) is 6.12. The second-order valence-electron chi connectivity index (χ2n) is 5.57. The summed E-state index contributed by atoms with van der Waals surface area (Å²) in [5, 5.41) is 0. The van der Waals surface area contributed by atoms with Crippen LogP contribution in [0.25, 0.3) is 6.08 Å². The normalized spacial score (nSPS) is 16.2. The van der Waals surface area contributed by atoms with Gasteiger partial charge < -0.3 is 9.64 Å². The highest BCUT2D eigenvalue weighted by Crippen LogP contribution is 2.36. The van der Waals surface area contributed by atoms with Crippen LogP contribution in [0.2, 0.25) is 0 Å². The van der Waals surface area contributed by atoms with Crippen molar-refractivity contribution in [2.24, 2.45) is 5.92 Å². The number of alkyl halides is 3. The van der Waals surface area contributed by atoms with Crippen LogP contribution in [0.4, 0.5) is 13.2 Å². The Hall–Kier alpha value is -1.96. The number of carbonyl (C=O) groups excluding carboxylic acids is 2. The van der Waals surface area contributed by atoms with E-state index in [1.807, 2.05) is 0 Å². The van der Waals surface area contributed by atoms with Gasteiger partial charge in [-0.1, -0.05) is 12.1 Å². The van der Waals surface area contributed by atoms with Crippen LogP contribution in [0.15, 0.2) is 35.2 Å². The van der Waals surface area contributed by atoms with Crippen LogP contribution < -0.4 is 0 Å². The summed E-state index contributed by atoms with van der Waals surface area (Å²) in [5.74, 6) is -0.603. The van der Waals surface area contributed by atoms with Gasteiger partial charge in [-0.25, -0.2) is 0 Å². The summed E-state index contributed by atoms with van der Waals surface area (Å²) in [5.41, 5.74) is -3.67. The first kappa shape index (κ1) is 19.4. The molecule has 1 fully saturated rings. The molecule has 0 unspecified atom stereocenters. The molecule has 0 N–H and O–H groups in total. The molecule has 0 atom stereocenters. The highest BCUT2D eigenvalue weighted by Gasteiger charge is 2.29. The maximum absolute atomic E-state index is 12.3. The van der Waals surface area contributed by atoms with Gasteiger partial charge in [0, 0.05) is 24.1 Å². The average Bonchev–Trinajstić information content (AvgIpc) is 2.59. The van der Waals surface area contributed by atoms with Gasteiger partial charge in [0.1, 0.15) is 0 Å². The van der Waals surface area contributed by atoms with Crippen molar-refractivity contribution >= 4 is 29.7 Å². The third-order valence-electron chi connectivity index (χ3n) is 3.87. The molecule has 1 aromatic rings. The van der Waals surface area contributed by atoms with Crippen LogP contribution in [-0.2, 0) is 14.3 Å². The maximum atomic E-state index is 12.3. The van der Waals surface area contributed by atoms with E-state index in [9.17, 15) is 22.8 Å². The molecule has 0 spiro atoms. The molecule has 136 valence electrons. The molecule has 1 saturated heterocycles. The number of halogens is 3. The Kier molecular flexibility index (Phi) is 6.52. The Morgan fingerprint density at radius 3 is 2.32 bits per heavy atom. The Morgan fingerprint density at radius 1 is 1.20 bits per heavy atom. The number of hydrogen-bond acceptors (Lipinski definition) is 4. The van der Waals surface area contributed by atoms with Crippen molar-refractivity contribution in [3.63, 3.8) is 0 Å². The van der Waals surface area contributed by atoms with E-state index >= 15 is 0 Å². The first-order valence-electron chi connectivity index (χ1n) is 7.69. The van der Waals surface area contributed by atoms with Crippen molar-refractivity contribution in [2.75, 3.05) is 20.2 Å². The second kappa shape index (κ2) is 8.42. The molecule has 1 aliphatic rings. The largest absolute Gasteiger partial charge is 0.469 e. The van der Waals surface area contributed by atoms with E-state index in [2.05, 4.69) is 0 Å². The lowest BCUT2D eigenvalue weighted by Gasteiger charge is -2.29. The molecule has 1 heterocycles. The van der Waals surface area contributed by atoms with E-state index in [4.69, 9.17) is 4.74 Å². The topological polar surface area (TPSA) is 46.6 Å². The van der Waals surface area contributed by atoms with E-state index in [1.165, 1.54) is 37.5 Å². The summed E-state index contributed by atoms with van der Waals surface area (Å²) >= 11 is -0.176.